The molecule has 2 N–H and O–H groups in total. The molecule has 1 aliphatic heterocycles. The number of nitrogens with zero attached hydrogens (tertiary/aromatic N) is 2. The van der Waals surface area contributed by atoms with E-state index in [1.165, 1.54) is 0 Å². The number of aryl methyl sites for hydroxylation is 1. The molecule has 1 saturated heterocycles. The molecule has 2 rings (SSSR count). The molecule has 1 aliphatic rings. The minimum Gasteiger partial charge on any atom is -0.342 e. The summed E-state index contributed by atoms with van der Waals surface area (Å²) in [5.41, 5.74) is 7.75. The number of piperidine rings is 1. The zero-order valence-electron chi connectivity index (χ0n) is 11.8. The van der Waals surface area contributed by atoms with Crippen LogP contribution in [0.15, 0.2) is 18.3 Å². The summed E-state index contributed by atoms with van der Waals surface area (Å²) >= 11 is 0. The first kappa shape index (κ1) is 14.0. The number of aromatic nitrogens is 1. The molecule has 1 fully saturated rings. The van der Waals surface area contributed by atoms with Crippen LogP contribution in [0, 0.1) is 18.8 Å². The standard InChI is InChI=1S/C15H23N3O/c1-11-5-7-18(10-13(11)9-16)15(19)8-14-12(2)4-3-6-17-14/h3-4,6,11,13H,5,7-10,16H2,1-2H3. The number of hydrogen-bond donors (Lipinski definition) is 1. The lowest BCUT2D eigenvalue weighted by molar-refractivity contribution is -0.132. The van der Waals surface area contributed by atoms with Gasteiger partial charge in [0.05, 0.1) is 12.1 Å². The molecule has 0 spiro atoms. The van der Waals surface area contributed by atoms with Gasteiger partial charge in [-0.05, 0) is 43.4 Å². The monoisotopic (exact) mass is 261 g/mol. The molecular formula is C15H23N3O. The van der Waals surface area contributed by atoms with Crippen molar-refractivity contribution in [1.29, 1.82) is 0 Å². The molecule has 0 saturated carbocycles. The molecule has 1 aromatic rings. The van der Waals surface area contributed by atoms with E-state index in [0.717, 1.165) is 30.8 Å². The Kier molecular flexibility index (Phi) is 4.53. The molecule has 1 aromatic heterocycles. The second kappa shape index (κ2) is 6.15. The van der Waals surface area contributed by atoms with Gasteiger partial charge in [-0.3, -0.25) is 9.78 Å². The van der Waals surface area contributed by atoms with Crippen molar-refractivity contribution in [3.63, 3.8) is 0 Å². The number of carbonyl (C=O) groups is 1. The van der Waals surface area contributed by atoms with Crippen LogP contribution >= 0.6 is 0 Å². The number of pyridine rings is 1. The molecule has 0 radical (unpaired) electrons. The molecule has 4 heteroatoms. The summed E-state index contributed by atoms with van der Waals surface area (Å²) in [7, 11) is 0. The SMILES string of the molecule is Cc1cccnc1CC(=O)N1CCC(C)C(CN)C1. The first-order chi connectivity index (χ1) is 9.11. The fraction of sp³-hybridized carbons (Fsp3) is 0.600. The highest BCUT2D eigenvalue weighted by atomic mass is 16.2. The van der Waals surface area contributed by atoms with Gasteiger partial charge in [0.15, 0.2) is 0 Å². The summed E-state index contributed by atoms with van der Waals surface area (Å²) in [6.07, 6.45) is 3.20. The molecule has 0 aliphatic carbocycles. The molecule has 2 heterocycles. The minimum absolute atomic E-state index is 0.173. The van der Waals surface area contributed by atoms with Gasteiger partial charge < -0.3 is 10.6 Å². The van der Waals surface area contributed by atoms with Gasteiger partial charge in [0.1, 0.15) is 0 Å². The average Bonchev–Trinajstić information content (AvgIpc) is 2.42. The third-order valence-corrected chi connectivity index (χ3v) is 4.21. The van der Waals surface area contributed by atoms with Gasteiger partial charge in [0, 0.05) is 19.3 Å². The van der Waals surface area contributed by atoms with E-state index in [4.69, 9.17) is 5.73 Å². The van der Waals surface area contributed by atoms with Crippen LogP contribution in [0.1, 0.15) is 24.6 Å². The smallest absolute Gasteiger partial charge is 0.228 e. The highest BCUT2D eigenvalue weighted by molar-refractivity contribution is 5.78. The Morgan fingerprint density at radius 1 is 1.58 bits per heavy atom. The van der Waals surface area contributed by atoms with Gasteiger partial charge in [0.25, 0.3) is 0 Å². The van der Waals surface area contributed by atoms with Gasteiger partial charge in [-0.15, -0.1) is 0 Å². The van der Waals surface area contributed by atoms with E-state index in [2.05, 4.69) is 11.9 Å². The normalized spacial score (nSPS) is 23.4. The number of likely N-dealkylation sites (tertiary alicyclic amines) is 1. The Morgan fingerprint density at radius 2 is 2.37 bits per heavy atom. The van der Waals surface area contributed by atoms with Crippen molar-refractivity contribution in [1.82, 2.24) is 9.88 Å². The van der Waals surface area contributed by atoms with Gasteiger partial charge in [-0.1, -0.05) is 13.0 Å². The first-order valence-electron chi connectivity index (χ1n) is 7.00. The molecule has 2 atom stereocenters. The van der Waals surface area contributed by atoms with Crippen molar-refractivity contribution in [2.45, 2.75) is 26.7 Å². The summed E-state index contributed by atoms with van der Waals surface area (Å²) in [6, 6.07) is 3.90. The number of hydrogen-bond acceptors (Lipinski definition) is 3. The first-order valence-corrected chi connectivity index (χ1v) is 7.00. The molecule has 1 amide bonds. The minimum atomic E-state index is 0.173. The maximum Gasteiger partial charge on any atom is 0.228 e. The molecule has 0 bridgehead atoms. The molecule has 0 aromatic carbocycles. The van der Waals surface area contributed by atoms with Crippen molar-refractivity contribution in [3.8, 4) is 0 Å². The Bertz CT molecular complexity index is 447. The van der Waals surface area contributed by atoms with Crippen molar-refractivity contribution < 1.29 is 4.79 Å². The highest BCUT2D eigenvalue weighted by Gasteiger charge is 2.28. The van der Waals surface area contributed by atoms with Gasteiger partial charge in [0.2, 0.25) is 5.91 Å². The molecule has 104 valence electrons. The zero-order valence-corrected chi connectivity index (χ0v) is 11.8. The maximum absolute atomic E-state index is 12.3. The van der Waals surface area contributed by atoms with Crippen LogP contribution in [0.4, 0.5) is 0 Å². The third-order valence-electron chi connectivity index (χ3n) is 4.21. The van der Waals surface area contributed by atoms with Crippen LogP contribution in [0.2, 0.25) is 0 Å². The number of nitrogens with two attached hydrogens (primary N) is 1. The fourth-order valence-corrected chi connectivity index (χ4v) is 2.64. The van der Waals surface area contributed by atoms with E-state index >= 15 is 0 Å². The predicted octanol–water partition coefficient (Wildman–Crippen LogP) is 1.38. The van der Waals surface area contributed by atoms with Crippen LogP contribution in [-0.2, 0) is 11.2 Å². The van der Waals surface area contributed by atoms with E-state index in [9.17, 15) is 4.79 Å². The Balaban J connectivity index is 1.99. The summed E-state index contributed by atoms with van der Waals surface area (Å²) in [4.78, 5) is 18.6. The van der Waals surface area contributed by atoms with Crippen LogP contribution in [0.3, 0.4) is 0 Å². The summed E-state index contributed by atoms with van der Waals surface area (Å²) in [5, 5.41) is 0. The lowest BCUT2D eigenvalue weighted by Crippen LogP contribution is -2.46. The van der Waals surface area contributed by atoms with Crippen LogP contribution in [-0.4, -0.2) is 35.4 Å². The van der Waals surface area contributed by atoms with Crippen LogP contribution in [0.5, 0.6) is 0 Å². The van der Waals surface area contributed by atoms with Crippen LogP contribution in [0.25, 0.3) is 0 Å². The lowest BCUT2D eigenvalue weighted by Gasteiger charge is -2.36. The van der Waals surface area contributed by atoms with E-state index in [0.29, 0.717) is 24.8 Å². The Hall–Kier alpha value is -1.42. The maximum atomic E-state index is 12.3. The number of amides is 1. The Labute approximate surface area is 115 Å². The molecular weight excluding hydrogens is 238 g/mol. The fourth-order valence-electron chi connectivity index (χ4n) is 2.64. The topological polar surface area (TPSA) is 59.2 Å². The van der Waals surface area contributed by atoms with Crippen LogP contribution < -0.4 is 5.73 Å². The van der Waals surface area contributed by atoms with E-state index in [1.807, 2.05) is 24.0 Å². The van der Waals surface area contributed by atoms with Gasteiger partial charge >= 0.3 is 0 Å². The zero-order chi connectivity index (χ0) is 13.8. The van der Waals surface area contributed by atoms with Crippen molar-refractivity contribution >= 4 is 5.91 Å². The molecule has 2 unspecified atom stereocenters. The van der Waals surface area contributed by atoms with Crippen molar-refractivity contribution in [3.05, 3.63) is 29.6 Å². The second-order valence-electron chi connectivity index (χ2n) is 5.55. The van der Waals surface area contributed by atoms with Gasteiger partial charge in [-0.25, -0.2) is 0 Å². The Morgan fingerprint density at radius 3 is 3.05 bits per heavy atom. The lowest BCUT2D eigenvalue weighted by atomic mass is 9.87. The van der Waals surface area contributed by atoms with E-state index in [1.54, 1.807) is 6.20 Å². The second-order valence-corrected chi connectivity index (χ2v) is 5.55. The number of rotatable bonds is 3. The quantitative estimate of drug-likeness (QED) is 0.894. The third kappa shape index (κ3) is 3.32. The average molecular weight is 261 g/mol. The van der Waals surface area contributed by atoms with E-state index in [-0.39, 0.29) is 5.91 Å². The molecule has 19 heavy (non-hydrogen) atoms. The predicted molar refractivity (Wildman–Crippen MR) is 75.6 cm³/mol. The number of carbonyl (C=O) groups excluding carboxylic acids is 1. The van der Waals surface area contributed by atoms with Gasteiger partial charge in [-0.2, -0.15) is 0 Å². The van der Waals surface area contributed by atoms with E-state index < -0.39 is 0 Å². The summed E-state index contributed by atoms with van der Waals surface area (Å²) in [5.74, 6) is 1.22. The summed E-state index contributed by atoms with van der Waals surface area (Å²) < 4.78 is 0. The summed E-state index contributed by atoms with van der Waals surface area (Å²) in [6.45, 7) is 6.52. The largest absolute Gasteiger partial charge is 0.342 e. The molecule has 4 nitrogen and oxygen atoms in total. The van der Waals surface area contributed by atoms with Crippen molar-refractivity contribution in [2.24, 2.45) is 17.6 Å². The highest BCUT2D eigenvalue weighted by Crippen LogP contribution is 2.22. The van der Waals surface area contributed by atoms with Crippen molar-refractivity contribution in [2.75, 3.05) is 19.6 Å².